The van der Waals surface area contributed by atoms with Crippen LogP contribution in [0.3, 0.4) is 0 Å². The fourth-order valence-electron chi connectivity index (χ4n) is 4.53. The summed E-state index contributed by atoms with van der Waals surface area (Å²) in [5, 5.41) is 0. The standard InChI is InChI=1S/C25H38N2O6/c1-29-17-27-23(16-31-12-3-4-19-5-6-19)25(24(27)28,33-18-30-2)15-21-14-22(9-11-26-21)32-13-10-20-7-8-20/h9,11,14,19-20,23H,3-8,10,12-13,15-18H2,1-2H3/t23-,25+/m0/s1. The highest BCUT2D eigenvalue weighted by Gasteiger charge is 2.62. The van der Waals surface area contributed by atoms with Crippen LogP contribution >= 0.6 is 0 Å². The highest BCUT2D eigenvalue weighted by atomic mass is 16.7. The van der Waals surface area contributed by atoms with E-state index in [-0.39, 0.29) is 25.5 Å². The van der Waals surface area contributed by atoms with Gasteiger partial charge in [-0.2, -0.15) is 0 Å². The van der Waals surface area contributed by atoms with E-state index in [1.807, 2.05) is 12.1 Å². The van der Waals surface area contributed by atoms with Crippen molar-refractivity contribution in [2.45, 2.75) is 63.0 Å². The molecule has 8 nitrogen and oxygen atoms in total. The fraction of sp³-hybridized carbons (Fsp3) is 0.760. The molecule has 8 heteroatoms. The van der Waals surface area contributed by atoms with E-state index in [9.17, 15) is 4.79 Å². The lowest BCUT2D eigenvalue weighted by molar-refractivity contribution is -0.239. The first-order valence-corrected chi connectivity index (χ1v) is 12.2. The molecular formula is C25H38N2O6. The first-order chi connectivity index (χ1) is 16.2. The highest BCUT2D eigenvalue weighted by molar-refractivity contribution is 5.93. The van der Waals surface area contributed by atoms with Crippen molar-refractivity contribution in [3.63, 3.8) is 0 Å². The topological polar surface area (TPSA) is 79.4 Å². The number of rotatable bonds is 17. The molecule has 1 aromatic heterocycles. The Morgan fingerprint density at radius 1 is 1.09 bits per heavy atom. The molecule has 0 aromatic carbocycles. The highest BCUT2D eigenvalue weighted by Crippen LogP contribution is 2.39. The molecular weight excluding hydrogens is 424 g/mol. The Kier molecular flexibility index (Phi) is 8.57. The molecule has 2 atom stereocenters. The number of carbonyl (C=O) groups is 1. The molecule has 0 unspecified atom stereocenters. The van der Waals surface area contributed by atoms with Crippen LogP contribution in [0.15, 0.2) is 18.3 Å². The van der Waals surface area contributed by atoms with Gasteiger partial charge >= 0.3 is 0 Å². The average molecular weight is 463 g/mol. The SMILES string of the molecule is COCO[C@@]1(Cc2cc(OCCC3CC3)ccn2)C(=O)N(COC)[C@H]1COCCCC1CC1. The normalized spacial score (nSPS) is 24.7. The summed E-state index contributed by atoms with van der Waals surface area (Å²) < 4.78 is 28.4. The monoisotopic (exact) mass is 462 g/mol. The van der Waals surface area contributed by atoms with Crippen molar-refractivity contribution in [3.05, 3.63) is 24.0 Å². The predicted molar refractivity (Wildman–Crippen MR) is 122 cm³/mol. The van der Waals surface area contributed by atoms with Gasteiger partial charge in [0.1, 0.15) is 19.3 Å². The van der Waals surface area contributed by atoms with Gasteiger partial charge in [-0.3, -0.25) is 9.78 Å². The first-order valence-electron chi connectivity index (χ1n) is 12.2. The van der Waals surface area contributed by atoms with Crippen LogP contribution in [0.5, 0.6) is 5.75 Å². The second-order valence-corrected chi connectivity index (χ2v) is 9.55. The number of pyridine rings is 1. The Hall–Kier alpha value is -1.74. The van der Waals surface area contributed by atoms with Crippen molar-refractivity contribution in [2.24, 2.45) is 11.8 Å². The van der Waals surface area contributed by atoms with Gasteiger partial charge in [-0.05, 0) is 37.2 Å². The molecule has 2 aliphatic carbocycles. The number of carbonyl (C=O) groups excluding carboxylic acids is 1. The summed E-state index contributed by atoms with van der Waals surface area (Å²) in [6.07, 6.45) is 10.7. The zero-order valence-electron chi connectivity index (χ0n) is 20.0. The van der Waals surface area contributed by atoms with E-state index in [2.05, 4.69) is 4.98 Å². The summed E-state index contributed by atoms with van der Waals surface area (Å²) >= 11 is 0. The molecule has 0 radical (unpaired) electrons. The molecule has 1 aliphatic heterocycles. The van der Waals surface area contributed by atoms with Crippen LogP contribution in [0.1, 0.15) is 50.6 Å². The molecule has 0 spiro atoms. The first kappa shape index (κ1) is 24.4. The van der Waals surface area contributed by atoms with E-state index >= 15 is 0 Å². The third kappa shape index (κ3) is 6.44. The Morgan fingerprint density at radius 3 is 2.61 bits per heavy atom. The molecule has 1 aromatic rings. The molecule has 0 N–H and O–H groups in total. The van der Waals surface area contributed by atoms with Gasteiger partial charge in [0.05, 0.1) is 19.3 Å². The maximum Gasteiger partial charge on any atom is 0.259 e. The van der Waals surface area contributed by atoms with Crippen LogP contribution in [0.25, 0.3) is 0 Å². The van der Waals surface area contributed by atoms with Crippen LogP contribution < -0.4 is 4.74 Å². The number of methoxy groups -OCH3 is 2. The number of β-lactam (4-membered cyclic amide) rings is 1. The van der Waals surface area contributed by atoms with Crippen LogP contribution in [0, 0.1) is 11.8 Å². The smallest absolute Gasteiger partial charge is 0.259 e. The van der Waals surface area contributed by atoms with E-state index < -0.39 is 5.60 Å². The summed E-state index contributed by atoms with van der Waals surface area (Å²) in [5.41, 5.74) is -0.343. The van der Waals surface area contributed by atoms with Gasteiger partial charge in [0, 0.05) is 45.2 Å². The van der Waals surface area contributed by atoms with Crippen molar-refractivity contribution in [3.8, 4) is 5.75 Å². The third-order valence-corrected chi connectivity index (χ3v) is 6.84. The molecule has 1 saturated heterocycles. The lowest BCUT2D eigenvalue weighted by Gasteiger charge is -2.54. The molecule has 0 bridgehead atoms. The molecule has 33 heavy (non-hydrogen) atoms. The van der Waals surface area contributed by atoms with Crippen molar-refractivity contribution in [1.82, 2.24) is 9.88 Å². The summed E-state index contributed by atoms with van der Waals surface area (Å²) in [6.45, 7) is 2.00. The van der Waals surface area contributed by atoms with Gasteiger partial charge in [-0.1, -0.05) is 25.7 Å². The number of amides is 1. The average Bonchev–Trinajstić information content (AvgIpc) is 3.74. The minimum atomic E-state index is -1.09. The van der Waals surface area contributed by atoms with E-state index in [0.717, 1.165) is 36.1 Å². The predicted octanol–water partition coefficient (Wildman–Crippen LogP) is 3.18. The van der Waals surface area contributed by atoms with E-state index in [1.54, 1.807) is 25.3 Å². The van der Waals surface area contributed by atoms with Crippen LogP contribution in [0.2, 0.25) is 0 Å². The van der Waals surface area contributed by atoms with Gasteiger partial charge in [-0.25, -0.2) is 0 Å². The van der Waals surface area contributed by atoms with Gasteiger partial charge in [0.25, 0.3) is 5.91 Å². The number of hydrogen-bond donors (Lipinski definition) is 0. The van der Waals surface area contributed by atoms with Crippen LogP contribution in [-0.4, -0.2) is 75.0 Å². The maximum absolute atomic E-state index is 13.3. The number of likely N-dealkylation sites (tertiary alicyclic amines) is 1. The van der Waals surface area contributed by atoms with E-state index in [1.165, 1.54) is 32.1 Å². The summed E-state index contributed by atoms with van der Waals surface area (Å²) in [4.78, 5) is 19.4. The lowest BCUT2D eigenvalue weighted by Crippen LogP contribution is -2.77. The van der Waals surface area contributed by atoms with Crippen molar-refractivity contribution >= 4 is 5.91 Å². The maximum atomic E-state index is 13.3. The molecule has 2 saturated carbocycles. The third-order valence-electron chi connectivity index (χ3n) is 6.84. The van der Waals surface area contributed by atoms with E-state index in [0.29, 0.717) is 26.2 Å². The Labute approximate surface area is 196 Å². The number of ether oxygens (including phenoxy) is 5. The number of nitrogens with zero attached hydrogens (tertiary/aromatic N) is 2. The lowest BCUT2D eigenvalue weighted by atomic mass is 9.78. The second-order valence-electron chi connectivity index (χ2n) is 9.55. The molecule has 3 fully saturated rings. The second kappa shape index (κ2) is 11.6. The van der Waals surface area contributed by atoms with Crippen LogP contribution in [0.4, 0.5) is 0 Å². The Balaban J connectivity index is 1.41. The molecule has 2 heterocycles. The minimum Gasteiger partial charge on any atom is -0.493 e. The van der Waals surface area contributed by atoms with Gasteiger partial charge in [0.15, 0.2) is 5.60 Å². The van der Waals surface area contributed by atoms with Gasteiger partial charge in [0.2, 0.25) is 0 Å². The largest absolute Gasteiger partial charge is 0.493 e. The fourth-order valence-corrected chi connectivity index (χ4v) is 4.53. The van der Waals surface area contributed by atoms with Crippen molar-refractivity contribution in [2.75, 3.05) is 47.6 Å². The minimum absolute atomic E-state index is 0.0162. The molecule has 1 amide bonds. The summed E-state index contributed by atoms with van der Waals surface area (Å²) in [6, 6.07) is 3.49. The van der Waals surface area contributed by atoms with E-state index in [4.69, 9.17) is 23.7 Å². The van der Waals surface area contributed by atoms with Gasteiger partial charge in [-0.15, -0.1) is 0 Å². The van der Waals surface area contributed by atoms with Crippen molar-refractivity contribution < 1.29 is 28.5 Å². The summed E-state index contributed by atoms with van der Waals surface area (Å²) in [7, 11) is 3.14. The Morgan fingerprint density at radius 2 is 1.88 bits per heavy atom. The Bertz CT molecular complexity index is 769. The zero-order valence-corrected chi connectivity index (χ0v) is 20.0. The quantitative estimate of drug-likeness (QED) is 0.200. The molecule has 4 rings (SSSR count). The number of aromatic nitrogens is 1. The molecule has 3 aliphatic rings. The zero-order chi connectivity index (χ0) is 23.1. The van der Waals surface area contributed by atoms with Crippen molar-refractivity contribution in [1.29, 1.82) is 0 Å². The summed E-state index contributed by atoms with van der Waals surface area (Å²) in [5.74, 6) is 2.35. The van der Waals surface area contributed by atoms with Gasteiger partial charge < -0.3 is 28.6 Å². The molecule has 184 valence electrons. The number of hydrogen-bond acceptors (Lipinski definition) is 7. The van der Waals surface area contributed by atoms with Crippen LogP contribution in [-0.2, 0) is 30.2 Å².